The Morgan fingerprint density at radius 2 is 2.00 bits per heavy atom. The van der Waals surface area contributed by atoms with Crippen LogP contribution in [0.2, 0.25) is 0 Å². The van der Waals surface area contributed by atoms with Gasteiger partial charge in [0.05, 0.1) is 33.8 Å². The number of anilines is 2. The third-order valence-corrected chi connectivity index (χ3v) is 6.98. The van der Waals surface area contributed by atoms with E-state index in [0.717, 1.165) is 40.7 Å². The summed E-state index contributed by atoms with van der Waals surface area (Å²) in [5.41, 5.74) is 9.27. The summed E-state index contributed by atoms with van der Waals surface area (Å²) in [4.78, 5) is 23.7. The van der Waals surface area contributed by atoms with Gasteiger partial charge in [-0.05, 0) is 36.1 Å². The molecule has 0 spiro atoms. The molecular formula is C24H21FN8O. The van der Waals surface area contributed by atoms with Crippen molar-refractivity contribution in [2.75, 3.05) is 30.4 Å². The predicted molar refractivity (Wildman–Crippen MR) is 128 cm³/mol. The molecule has 1 aromatic carbocycles. The predicted octanol–water partition coefficient (Wildman–Crippen LogP) is 3.42. The lowest BCUT2D eigenvalue weighted by Crippen LogP contribution is -2.29. The average Bonchev–Trinajstić information content (AvgIpc) is 3.19. The van der Waals surface area contributed by atoms with Gasteiger partial charge in [-0.2, -0.15) is 9.97 Å². The fraction of sp³-hybridized carbons (Fsp3) is 0.250. The molecular weight excluding hydrogens is 435 g/mol. The maximum Gasteiger partial charge on any atom is 0.326 e. The maximum absolute atomic E-state index is 14.5. The quantitative estimate of drug-likeness (QED) is 0.377. The minimum Gasteiger partial charge on any atom is -0.422 e. The highest BCUT2D eigenvalue weighted by atomic mass is 19.1. The summed E-state index contributed by atoms with van der Waals surface area (Å²) in [5, 5.41) is 4.64. The van der Waals surface area contributed by atoms with Crippen LogP contribution in [0.5, 0.6) is 11.8 Å². The molecule has 0 bridgehead atoms. The molecule has 10 heteroatoms. The summed E-state index contributed by atoms with van der Waals surface area (Å²) in [5.74, 6) is 1.85. The number of aromatic nitrogens is 5. The first-order chi connectivity index (χ1) is 16.6. The van der Waals surface area contributed by atoms with Crippen LogP contribution in [0.3, 0.4) is 0 Å². The van der Waals surface area contributed by atoms with Gasteiger partial charge in [-0.3, -0.25) is 9.97 Å². The van der Waals surface area contributed by atoms with Crippen LogP contribution in [0.25, 0.3) is 33.0 Å². The van der Waals surface area contributed by atoms with E-state index in [9.17, 15) is 4.39 Å². The van der Waals surface area contributed by atoms with Crippen molar-refractivity contribution < 1.29 is 9.13 Å². The van der Waals surface area contributed by atoms with Crippen molar-refractivity contribution in [2.24, 2.45) is 17.6 Å². The molecule has 1 aliphatic heterocycles. The monoisotopic (exact) mass is 456 g/mol. The number of rotatable bonds is 4. The Morgan fingerprint density at radius 3 is 2.82 bits per heavy atom. The average molecular weight is 456 g/mol. The minimum absolute atomic E-state index is 0.183. The zero-order chi connectivity index (χ0) is 23.0. The van der Waals surface area contributed by atoms with Crippen LogP contribution >= 0.6 is 0 Å². The van der Waals surface area contributed by atoms with E-state index in [-0.39, 0.29) is 17.9 Å². The zero-order valence-electron chi connectivity index (χ0n) is 18.3. The molecule has 7 rings (SSSR count). The molecule has 2 atom stereocenters. The zero-order valence-corrected chi connectivity index (χ0v) is 18.3. The van der Waals surface area contributed by atoms with E-state index >= 15 is 0 Å². The van der Waals surface area contributed by atoms with Crippen LogP contribution < -0.4 is 20.7 Å². The Labute approximate surface area is 193 Å². The molecule has 2 unspecified atom stereocenters. The van der Waals surface area contributed by atoms with Gasteiger partial charge in [-0.1, -0.05) is 0 Å². The van der Waals surface area contributed by atoms with Gasteiger partial charge >= 0.3 is 6.01 Å². The molecule has 4 aromatic heterocycles. The molecule has 1 saturated heterocycles. The second-order valence-corrected chi connectivity index (χ2v) is 8.90. The van der Waals surface area contributed by atoms with Crippen LogP contribution in [0.4, 0.5) is 15.9 Å². The first-order valence-corrected chi connectivity index (χ1v) is 11.2. The lowest BCUT2D eigenvalue weighted by molar-refractivity contribution is 0.442. The second-order valence-electron chi connectivity index (χ2n) is 8.90. The first-order valence-electron chi connectivity index (χ1n) is 11.2. The third kappa shape index (κ3) is 2.81. The molecule has 2 fully saturated rings. The molecule has 0 radical (unpaired) electrons. The van der Waals surface area contributed by atoms with Crippen molar-refractivity contribution >= 4 is 44.5 Å². The van der Waals surface area contributed by atoms with E-state index in [1.54, 1.807) is 31.6 Å². The second kappa shape index (κ2) is 6.97. The molecule has 34 heavy (non-hydrogen) atoms. The number of halogens is 1. The number of piperidine rings is 1. The van der Waals surface area contributed by atoms with Gasteiger partial charge in [-0.25, -0.2) is 4.39 Å². The van der Waals surface area contributed by atoms with Gasteiger partial charge < -0.3 is 25.7 Å². The number of aromatic amines is 1. The van der Waals surface area contributed by atoms with Crippen molar-refractivity contribution in [3.05, 3.63) is 48.5 Å². The smallest absolute Gasteiger partial charge is 0.326 e. The molecule has 0 amide bonds. The van der Waals surface area contributed by atoms with E-state index < -0.39 is 0 Å². The lowest BCUT2D eigenvalue weighted by Gasteiger charge is -2.21. The number of hydrogen-bond acceptors (Lipinski definition) is 8. The number of benzene rings is 1. The van der Waals surface area contributed by atoms with E-state index in [1.165, 1.54) is 6.07 Å². The molecule has 1 saturated carbocycles. The summed E-state index contributed by atoms with van der Waals surface area (Å²) in [6, 6.07) is 9.19. The SMILES string of the molecule is CNc1c(F)ccc2c1[nH]c1nc(Oc3cnc4cccnc4c3)nc(N3CC4C(N)C4C3)c12. The molecule has 170 valence electrons. The van der Waals surface area contributed by atoms with Crippen LogP contribution in [-0.4, -0.2) is 51.1 Å². The summed E-state index contributed by atoms with van der Waals surface area (Å²) in [6.07, 6.45) is 3.34. The lowest BCUT2D eigenvalue weighted by atomic mass is 10.1. The Hall–Kier alpha value is -4.05. The standard InChI is InChI=1S/C24H21FN8O/c1-27-21-15(25)5-4-12-18-22(30-20(12)21)31-24(32-23(18)33-9-13-14(10-33)19(13)26)34-11-7-17-16(29-8-11)3-2-6-28-17/h2-8,13-14,19,27H,9-10,26H2,1H3,(H,30,31,32). The van der Waals surface area contributed by atoms with Gasteiger partial charge in [0.25, 0.3) is 0 Å². The van der Waals surface area contributed by atoms with Crippen molar-refractivity contribution in [3.63, 3.8) is 0 Å². The molecule has 1 aliphatic carbocycles. The Balaban J connectivity index is 1.38. The van der Waals surface area contributed by atoms with Crippen LogP contribution in [0.1, 0.15) is 0 Å². The first kappa shape index (κ1) is 19.4. The summed E-state index contributed by atoms with van der Waals surface area (Å²) < 4.78 is 20.5. The number of hydrogen-bond donors (Lipinski definition) is 3. The number of pyridine rings is 2. The van der Waals surface area contributed by atoms with Gasteiger partial charge in [0, 0.05) is 43.8 Å². The number of nitrogens with zero attached hydrogens (tertiary/aromatic N) is 5. The number of nitrogens with two attached hydrogens (primary N) is 1. The minimum atomic E-state index is -0.337. The number of ether oxygens (including phenoxy) is 1. The van der Waals surface area contributed by atoms with Crippen molar-refractivity contribution in [2.45, 2.75) is 6.04 Å². The van der Waals surface area contributed by atoms with Gasteiger partial charge in [-0.15, -0.1) is 0 Å². The summed E-state index contributed by atoms with van der Waals surface area (Å²) >= 11 is 0. The van der Waals surface area contributed by atoms with E-state index in [4.69, 9.17) is 15.5 Å². The van der Waals surface area contributed by atoms with E-state index in [0.29, 0.717) is 34.4 Å². The topological polar surface area (TPSA) is 118 Å². The normalized spacial score (nSPS) is 21.4. The molecule has 9 nitrogen and oxygen atoms in total. The number of fused-ring (bicyclic) bond motifs is 5. The number of nitrogens with one attached hydrogen (secondary N) is 2. The fourth-order valence-corrected chi connectivity index (χ4v) is 5.16. The summed E-state index contributed by atoms with van der Waals surface area (Å²) in [6.45, 7) is 1.65. The molecule has 4 N–H and O–H groups in total. The van der Waals surface area contributed by atoms with Crippen LogP contribution in [-0.2, 0) is 0 Å². The Kier molecular flexibility index (Phi) is 3.98. The van der Waals surface area contributed by atoms with Crippen molar-refractivity contribution in [1.82, 2.24) is 24.9 Å². The largest absolute Gasteiger partial charge is 0.422 e. The highest BCUT2D eigenvalue weighted by Crippen LogP contribution is 2.47. The highest BCUT2D eigenvalue weighted by Gasteiger charge is 2.54. The fourth-order valence-electron chi connectivity index (χ4n) is 5.16. The highest BCUT2D eigenvalue weighted by molar-refractivity contribution is 6.14. The molecule has 2 aliphatic rings. The van der Waals surface area contributed by atoms with Crippen LogP contribution in [0.15, 0.2) is 42.7 Å². The maximum atomic E-state index is 14.5. The van der Waals surface area contributed by atoms with E-state index in [1.807, 2.05) is 12.1 Å². The Bertz CT molecular complexity index is 1590. The molecule has 5 heterocycles. The Morgan fingerprint density at radius 1 is 1.15 bits per heavy atom. The van der Waals surface area contributed by atoms with Gasteiger partial charge in [0.2, 0.25) is 0 Å². The van der Waals surface area contributed by atoms with Crippen molar-refractivity contribution in [3.8, 4) is 11.8 Å². The van der Waals surface area contributed by atoms with Gasteiger partial charge in [0.1, 0.15) is 17.3 Å². The van der Waals surface area contributed by atoms with Crippen LogP contribution in [0, 0.1) is 17.7 Å². The van der Waals surface area contributed by atoms with E-state index in [2.05, 4.69) is 30.2 Å². The summed E-state index contributed by atoms with van der Waals surface area (Å²) in [7, 11) is 1.70. The number of H-pyrrole nitrogens is 1. The van der Waals surface area contributed by atoms with Gasteiger partial charge in [0.15, 0.2) is 5.75 Å². The molecule has 5 aromatic rings. The van der Waals surface area contributed by atoms with Crippen molar-refractivity contribution in [1.29, 1.82) is 0 Å². The third-order valence-electron chi connectivity index (χ3n) is 6.98.